The molecule has 1 unspecified atom stereocenters. The lowest BCUT2D eigenvalue weighted by atomic mass is 9.85. The average Bonchev–Trinajstić information content (AvgIpc) is 2.74. The molecule has 0 radical (unpaired) electrons. The van der Waals surface area contributed by atoms with E-state index in [1.165, 1.54) is 5.56 Å². The maximum Gasteiger partial charge on any atom is 0.225 e. The number of aromatic nitrogens is 1. The van der Waals surface area contributed by atoms with Gasteiger partial charge in [0.25, 0.3) is 0 Å². The Morgan fingerprint density at radius 1 is 1.28 bits per heavy atom. The van der Waals surface area contributed by atoms with Crippen LogP contribution in [0.4, 0.5) is 0 Å². The Kier molecular flexibility index (Phi) is 5.08. The number of rotatable bonds is 3. The van der Waals surface area contributed by atoms with E-state index in [0.717, 1.165) is 32.7 Å². The van der Waals surface area contributed by atoms with E-state index < -0.39 is 0 Å². The quantitative estimate of drug-likeness (QED) is 0.828. The number of hydrogen-bond acceptors (Lipinski definition) is 4. The smallest absolute Gasteiger partial charge is 0.225 e. The summed E-state index contributed by atoms with van der Waals surface area (Å²) < 4.78 is 0. The lowest BCUT2D eigenvalue weighted by Crippen LogP contribution is -2.45. The van der Waals surface area contributed by atoms with E-state index in [1.807, 2.05) is 43.0 Å². The molecule has 2 aliphatic rings. The van der Waals surface area contributed by atoms with E-state index in [2.05, 4.69) is 16.0 Å². The summed E-state index contributed by atoms with van der Waals surface area (Å²) in [6.07, 6.45) is 4.19. The summed E-state index contributed by atoms with van der Waals surface area (Å²) in [4.78, 5) is 35.2. The normalized spacial score (nSPS) is 25.0. The van der Waals surface area contributed by atoms with Crippen LogP contribution in [0.2, 0.25) is 0 Å². The van der Waals surface area contributed by atoms with Crippen LogP contribution in [0.25, 0.3) is 0 Å². The molecule has 0 bridgehead atoms. The molecule has 0 aromatic carbocycles. The number of hydrogen-bond donors (Lipinski definition) is 0. The number of carbonyl (C=O) groups excluding carboxylic acids is 2. The summed E-state index contributed by atoms with van der Waals surface area (Å²) in [5, 5.41) is 0. The van der Waals surface area contributed by atoms with Gasteiger partial charge in [-0.15, -0.1) is 0 Å². The molecule has 2 saturated heterocycles. The number of amides is 2. The Morgan fingerprint density at radius 2 is 2.08 bits per heavy atom. The molecule has 3 rings (SSSR count). The highest BCUT2D eigenvalue weighted by Crippen LogP contribution is 2.35. The second-order valence-corrected chi connectivity index (χ2v) is 7.91. The topological polar surface area (TPSA) is 56.8 Å². The Morgan fingerprint density at radius 3 is 2.68 bits per heavy atom. The fourth-order valence-electron chi connectivity index (χ4n) is 4.10. The second-order valence-electron chi connectivity index (χ2n) is 7.91. The van der Waals surface area contributed by atoms with Crippen molar-refractivity contribution in [2.24, 2.45) is 11.3 Å². The first-order valence-electron chi connectivity index (χ1n) is 9.03. The second kappa shape index (κ2) is 7.12. The van der Waals surface area contributed by atoms with E-state index >= 15 is 0 Å². The largest absolute Gasteiger partial charge is 0.345 e. The fourth-order valence-corrected chi connectivity index (χ4v) is 4.10. The Hall–Kier alpha value is -1.95. The minimum absolute atomic E-state index is 0.0169. The first kappa shape index (κ1) is 17.9. The molecule has 3 heterocycles. The van der Waals surface area contributed by atoms with Gasteiger partial charge in [-0.2, -0.15) is 0 Å². The molecule has 6 nitrogen and oxygen atoms in total. The standard InChI is InChI=1S/C19H28N4O2/c1-15(2)18(25)23-8-7-22(11-16-5-4-6-20-10-16)13-19(14-23)9-17(24)21(3)12-19/h4-6,10,15H,7-9,11-14H2,1-3H3. The number of likely N-dealkylation sites (tertiary alicyclic amines) is 1. The van der Waals surface area contributed by atoms with Gasteiger partial charge in [-0.25, -0.2) is 0 Å². The average molecular weight is 344 g/mol. The van der Waals surface area contributed by atoms with Gasteiger partial charge in [-0.05, 0) is 11.6 Å². The van der Waals surface area contributed by atoms with Crippen LogP contribution in [0.3, 0.4) is 0 Å². The Labute approximate surface area is 149 Å². The summed E-state index contributed by atoms with van der Waals surface area (Å²) in [7, 11) is 1.86. The lowest BCUT2D eigenvalue weighted by molar-refractivity contribution is -0.135. The maximum atomic E-state index is 12.6. The van der Waals surface area contributed by atoms with Crippen molar-refractivity contribution in [3.63, 3.8) is 0 Å². The van der Waals surface area contributed by atoms with Gasteiger partial charge in [0, 0.05) is 76.5 Å². The molecule has 0 saturated carbocycles. The molecular formula is C19H28N4O2. The van der Waals surface area contributed by atoms with Gasteiger partial charge in [-0.3, -0.25) is 19.5 Å². The molecule has 2 fully saturated rings. The van der Waals surface area contributed by atoms with E-state index in [1.54, 1.807) is 6.20 Å². The van der Waals surface area contributed by atoms with Crippen LogP contribution in [0.1, 0.15) is 25.8 Å². The van der Waals surface area contributed by atoms with E-state index in [9.17, 15) is 9.59 Å². The zero-order valence-corrected chi connectivity index (χ0v) is 15.4. The van der Waals surface area contributed by atoms with Crippen LogP contribution in [0, 0.1) is 11.3 Å². The van der Waals surface area contributed by atoms with Crippen molar-refractivity contribution < 1.29 is 9.59 Å². The van der Waals surface area contributed by atoms with Crippen molar-refractivity contribution >= 4 is 11.8 Å². The fraction of sp³-hybridized carbons (Fsp3) is 0.632. The third-order valence-electron chi connectivity index (χ3n) is 5.23. The molecule has 1 spiro atoms. The monoisotopic (exact) mass is 344 g/mol. The van der Waals surface area contributed by atoms with Gasteiger partial charge in [0.05, 0.1) is 0 Å². The van der Waals surface area contributed by atoms with E-state index in [0.29, 0.717) is 13.0 Å². The van der Waals surface area contributed by atoms with Gasteiger partial charge in [0.2, 0.25) is 11.8 Å². The zero-order valence-electron chi connectivity index (χ0n) is 15.4. The molecule has 6 heteroatoms. The predicted octanol–water partition coefficient (Wildman–Crippen LogP) is 1.23. The van der Waals surface area contributed by atoms with Gasteiger partial charge in [0.1, 0.15) is 0 Å². The van der Waals surface area contributed by atoms with Gasteiger partial charge >= 0.3 is 0 Å². The molecule has 25 heavy (non-hydrogen) atoms. The number of nitrogens with zero attached hydrogens (tertiary/aromatic N) is 4. The highest BCUT2D eigenvalue weighted by molar-refractivity contribution is 5.80. The third kappa shape index (κ3) is 4.00. The molecule has 2 amide bonds. The first-order chi connectivity index (χ1) is 11.9. The number of carbonyl (C=O) groups is 2. The van der Waals surface area contributed by atoms with Gasteiger partial charge in [0.15, 0.2) is 0 Å². The van der Waals surface area contributed by atoms with Crippen molar-refractivity contribution in [1.29, 1.82) is 0 Å². The molecular weight excluding hydrogens is 316 g/mol. The molecule has 2 aliphatic heterocycles. The van der Waals surface area contributed by atoms with E-state index in [-0.39, 0.29) is 23.1 Å². The van der Waals surface area contributed by atoms with Gasteiger partial charge in [-0.1, -0.05) is 19.9 Å². The van der Waals surface area contributed by atoms with Crippen LogP contribution in [-0.2, 0) is 16.1 Å². The van der Waals surface area contributed by atoms with Crippen molar-refractivity contribution in [2.45, 2.75) is 26.8 Å². The molecule has 1 aromatic heterocycles. The Balaban J connectivity index is 1.81. The highest BCUT2D eigenvalue weighted by atomic mass is 16.2. The molecule has 1 aromatic rings. The van der Waals surface area contributed by atoms with Crippen molar-refractivity contribution in [3.05, 3.63) is 30.1 Å². The minimum atomic E-state index is -0.172. The summed E-state index contributed by atoms with van der Waals surface area (Å²) in [6.45, 7) is 8.46. The SMILES string of the molecule is CC(C)C(=O)N1CCN(Cc2cccnc2)CC2(CC(=O)N(C)C2)C1. The third-order valence-corrected chi connectivity index (χ3v) is 5.23. The summed E-state index contributed by atoms with van der Waals surface area (Å²) in [5.41, 5.74) is 0.994. The van der Waals surface area contributed by atoms with Crippen LogP contribution in [-0.4, -0.2) is 71.3 Å². The van der Waals surface area contributed by atoms with E-state index in [4.69, 9.17) is 0 Å². The van der Waals surface area contributed by atoms with Crippen molar-refractivity contribution in [3.8, 4) is 0 Å². The van der Waals surface area contributed by atoms with Crippen molar-refractivity contribution in [1.82, 2.24) is 19.7 Å². The number of pyridine rings is 1. The van der Waals surface area contributed by atoms with Crippen LogP contribution in [0.5, 0.6) is 0 Å². The van der Waals surface area contributed by atoms with Crippen LogP contribution >= 0.6 is 0 Å². The first-order valence-corrected chi connectivity index (χ1v) is 9.03. The Bertz CT molecular complexity index is 634. The minimum Gasteiger partial charge on any atom is -0.345 e. The summed E-state index contributed by atoms with van der Waals surface area (Å²) >= 11 is 0. The molecule has 0 aliphatic carbocycles. The molecule has 0 N–H and O–H groups in total. The summed E-state index contributed by atoms with van der Waals surface area (Å²) in [5.74, 6) is 0.349. The summed E-state index contributed by atoms with van der Waals surface area (Å²) in [6, 6.07) is 4.03. The predicted molar refractivity (Wildman–Crippen MR) is 95.6 cm³/mol. The van der Waals surface area contributed by atoms with Gasteiger partial charge < -0.3 is 9.80 Å². The molecule has 1 atom stereocenters. The van der Waals surface area contributed by atoms with Crippen LogP contribution in [0.15, 0.2) is 24.5 Å². The van der Waals surface area contributed by atoms with Crippen LogP contribution < -0.4 is 0 Å². The maximum absolute atomic E-state index is 12.6. The molecule has 136 valence electrons. The zero-order chi connectivity index (χ0) is 18.0. The highest BCUT2D eigenvalue weighted by Gasteiger charge is 2.46. The van der Waals surface area contributed by atoms with Crippen molar-refractivity contribution in [2.75, 3.05) is 39.8 Å². The lowest BCUT2D eigenvalue weighted by Gasteiger charge is -2.34.